The van der Waals surface area contributed by atoms with Crippen LogP contribution in [0, 0.1) is 21.4 Å². The van der Waals surface area contributed by atoms with Gasteiger partial charge in [0.05, 0.1) is 7.05 Å². The number of nitrogens with zero attached hydrogens (tertiary/aromatic N) is 6. The van der Waals surface area contributed by atoms with Gasteiger partial charge >= 0.3 is 17.7 Å². The van der Waals surface area contributed by atoms with Crippen LogP contribution in [0.5, 0.6) is 0 Å². The number of aromatic nitrogens is 4. The van der Waals surface area contributed by atoms with Crippen LogP contribution in [0.1, 0.15) is 5.56 Å². The lowest BCUT2D eigenvalue weighted by Crippen LogP contribution is -2.23. The molecule has 0 bridgehead atoms. The molecule has 2 rings (SSSR count). The van der Waals surface area contributed by atoms with Crippen LogP contribution in [-0.2, 0) is 23.7 Å². The van der Waals surface area contributed by atoms with Crippen LogP contribution in [0.25, 0.3) is 11.5 Å². The fourth-order valence-corrected chi connectivity index (χ4v) is 1.88. The SMILES string of the molecule is Cn1nc(-c2ncc([N+](=O)[O-])n2C)c(C#N)c1NC(=O)C(=O)O. The van der Waals surface area contributed by atoms with Crippen molar-refractivity contribution in [2.24, 2.45) is 14.1 Å². The number of anilines is 1. The van der Waals surface area contributed by atoms with Crippen LogP contribution in [0.2, 0.25) is 0 Å². The molecule has 0 spiro atoms. The summed E-state index contributed by atoms with van der Waals surface area (Å²) in [7, 11) is 2.74. The Morgan fingerprint density at radius 2 is 2.13 bits per heavy atom. The molecule has 1 amide bonds. The third-order valence-electron chi connectivity index (χ3n) is 2.95. The van der Waals surface area contributed by atoms with Gasteiger partial charge < -0.3 is 15.2 Å². The largest absolute Gasteiger partial charge is 0.474 e. The van der Waals surface area contributed by atoms with E-state index >= 15 is 0 Å². The Hall–Kier alpha value is -3.75. The number of rotatable bonds is 3. The third kappa shape index (κ3) is 2.58. The fourth-order valence-electron chi connectivity index (χ4n) is 1.88. The topological polar surface area (TPSA) is 169 Å². The minimum absolute atomic E-state index is 0.0220. The number of carbonyl (C=O) groups excluding carboxylic acids is 1. The van der Waals surface area contributed by atoms with E-state index in [1.54, 1.807) is 6.07 Å². The molecule has 23 heavy (non-hydrogen) atoms. The summed E-state index contributed by atoms with van der Waals surface area (Å²) in [6.07, 6.45) is 1.00. The quantitative estimate of drug-likeness (QED) is 0.438. The zero-order valence-electron chi connectivity index (χ0n) is 11.8. The highest BCUT2D eigenvalue weighted by atomic mass is 16.6. The Kier molecular flexibility index (Phi) is 3.78. The van der Waals surface area contributed by atoms with Gasteiger partial charge in [-0.1, -0.05) is 0 Å². The van der Waals surface area contributed by atoms with Crippen molar-refractivity contribution < 1.29 is 19.6 Å². The lowest BCUT2D eigenvalue weighted by Gasteiger charge is -2.01. The first-order valence-electron chi connectivity index (χ1n) is 5.95. The molecule has 0 aliphatic rings. The maximum Gasteiger partial charge on any atom is 0.394 e. The molecule has 0 aliphatic carbocycles. The van der Waals surface area contributed by atoms with Gasteiger partial charge in [-0.15, -0.1) is 0 Å². The van der Waals surface area contributed by atoms with E-state index in [0.29, 0.717) is 0 Å². The van der Waals surface area contributed by atoms with Crippen LogP contribution < -0.4 is 5.32 Å². The number of carbonyl (C=O) groups is 2. The van der Waals surface area contributed by atoms with Crippen molar-refractivity contribution in [1.29, 1.82) is 5.26 Å². The Balaban J connectivity index is 2.58. The monoisotopic (exact) mass is 319 g/mol. The molecule has 0 atom stereocenters. The van der Waals surface area contributed by atoms with Crippen molar-refractivity contribution >= 4 is 23.5 Å². The molecule has 0 fully saturated rings. The van der Waals surface area contributed by atoms with E-state index in [9.17, 15) is 25.0 Å². The van der Waals surface area contributed by atoms with Gasteiger partial charge in [-0.3, -0.25) is 14.8 Å². The van der Waals surface area contributed by atoms with Crippen molar-refractivity contribution in [3.05, 3.63) is 21.9 Å². The highest BCUT2D eigenvalue weighted by Gasteiger charge is 2.28. The molecular weight excluding hydrogens is 310 g/mol. The van der Waals surface area contributed by atoms with Crippen molar-refractivity contribution in [2.45, 2.75) is 0 Å². The molecule has 2 aromatic heterocycles. The molecule has 0 saturated heterocycles. The van der Waals surface area contributed by atoms with E-state index in [4.69, 9.17) is 5.11 Å². The Morgan fingerprint density at radius 3 is 2.61 bits per heavy atom. The number of aliphatic carboxylic acids is 1. The van der Waals surface area contributed by atoms with Crippen LogP contribution in [0.3, 0.4) is 0 Å². The predicted molar refractivity (Wildman–Crippen MR) is 73.0 cm³/mol. The molecule has 0 aromatic carbocycles. The average Bonchev–Trinajstić information content (AvgIpc) is 2.99. The van der Waals surface area contributed by atoms with Gasteiger partial charge in [0.25, 0.3) is 5.82 Å². The highest BCUT2D eigenvalue weighted by molar-refractivity contribution is 6.36. The molecule has 2 heterocycles. The van der Waals surface area contributed by atoms with E-state index < -0.39 is 16.8 Å². The van der Waals surface area contributed by atoms with Crippen LogP contribution >= 0.6 is 0 Å². The molecule has 12 heteroatoms. The number of nitriles is 1. The van der Waals surface area contributed by atoms with Gasteiger partial charge in [0.2, 0.25) is 0 Å². The number of amides is 1. The Bertz CT molecular complexity index is 872. The standard InChI is InChI=1S/C11H9N7O5/c1-16-6(18(22)23)4-13-9(16)7-5(3-12)8(17(2)15-7)14-10(19)11(20)21/h4H,1-2H3,(H,14,19)(H,20,21). The number of carboxylic acid groups (broad SMARTS) is 1. The predicted octanol–water partition coefficient (Wildman–Crippen LogP) is -0.376. The van der Waals surface area contributed by atoms with Gasteiger partial charge in [-0.25, -0.2) is 14.3 Å². The minimum Gasteiger partial charge on any atom is -0.474 e. The highest BCUT2D eigenvalue weighted by Crippen LogP contribution is 2.28. The number of hydrogen-bond acceptors (Lipinski definition) is 7. The first kappa shape index (κ1) is 15.6. The molecule has 2 aromatic rings. The fraction of sp³-hybridized carbons (Fsp3) is 0.182. The summed E-state index contributed by atoms with van der Waals surface area (Å²) in [5, 5.41) is 34.7. The smallest absolute Gasteiger partial charge is 0.394 e. The van der Waals surface area contributed by atoms with E-state index in [1.165, 1.54) is 14.1 Å². The summed E-state index contributed by atoms with van der Waals surface area (Å²) >= 11 is 0. The van der Waals surface area contributed by atoms with E-state index in [1.807, 2.05) is 5.32 Å². The van der Waals surface area contributed by atoms with Crippen LogP contribution in [-0.4, -0.2) is 41.2 Å². The van der Waals surface area contributed by atoms with Crippen LogP contribution in [0.4, 0.5) is 11.6 Å². The van der Waals surface area contributed by atoms with Gasteiger partial charge in [0.15, 0.2) is 5.69 Å². The number of hydrogen-bond donors (Lipinski definition) is 2. The molecule has 0 radical (unpaired) electrons. The summed E-state index contributed by atoms with van der Waals surface area (Å²) in [4.78, 5) is 35.9. The van der Waals surface area contributed by atoms with E-state index in [2.05, 4.69) is 10.1 Å². The second-order valence-corrected chi connectivity index (χ2v) is 4.32. The number of imidazole rings is 1. The summed E-state index contributed by atoms with van der Waals surface area (Å²) < 4.78 is 2.20. The van der Waals surface area contributed by atoms with Crippen molar-refractivity contribution in [1.82, 2.24) is 19.3 Å². The van der Waals surface area contributed by atoms with Gasteiger partial charge in [0, 0.05) is 7.05 Å². The number of aryl methyl sites for hydroxylation is 1. The lowest BCUT2D eigenvalue weighted by atomic mass is 10.2. The lowest BCUT2D eigenvalue weighted by molar-refractivity contribution is -0.391. The van der Waals surface area contributed by atoms with E-state index in [0.717, 1.165) is 15.4 Å². The minimum atomic E-state index is -1.73. The first-order valence-corrected chi connectivity index (χ1v) is 5.95. The Labute approximate surface area is 127 Å². The molecule has 0 unspecified atom stereocenters. The second-order valence-electron chi connectivity index (χ2n) is 4.32. The third-order valence-corrected chi connectivity index (χ3v) is 2.95. The summed E-state index contributed by atoms with van der Waals surface area (Å²) in [5.74, 6) is -3.52. The molecule has 2 N–H and O–H groups in total. The van der Waals surface area contributed by atoms with Gasteiger partial charge in [-0.2, -0.15) is 10.4 Å². The van der Waals surface area contributed by atoms with Crippen molar-refractivity contribution in [3.8, 4) is 17.6 Å². The summed E-state index contributed by atoms with van der Waals surface area (Å²) in [5.41, 5.74) is -0.183. The van der Waals surface area contributed by atoms with Gasteiger partial charge in [0.1, 0.15) is 23.6 Å². The van der Waals surface area contributed by atoms with Gasteiger partial charge in [-0.05, 0) is 4.92 Å². The molecule has 0 aliphatic heterocycles. The zero-order valence-corrected chi connectivity index (χ0v) is 11.8. The molecular formula is C11H9N7O5. The van der Waals surface area contributed by atoms with Crippen molar-refractivity contribution in [2.75, 3.05) is 5.32 Å². The second kappa shape index (κ2) is 5.56. The number of nitro groups is 1. The molecule has 12 nitrogen and oxygen atoms in total. The molecule has 0 saturated carbocycles. The normalized spacial score (nSPS) is 10.1. The van der Waals surface area contributed by atoms with E-state index in [-0.39, 0.29) is 28.7 Å². The van der Waals surface area contributed by atoms with Crippen molar-refractivity contribution in [3.63, 3.8) is 0 Å². The Morgan fingerprint density at radius 1 is 1.48 bits per heavy atom. The zero-order chi connectivity index (χ0) is 17.3. The molecule has 118 valence electrons. The van der Waals surface area contributed by atoms with Crippen LogP contribution in [0.15, 0.2) is 6.20 Å². The maximum absolute atomic E-state index is 11.3. The summed E-state index contributed by atoms with van der Waals surface area (Å²) in [6, 6.07) is 1.78. The first-order chi connectivity index (χ1) is 10.8. The maximum atomic E-state index is 11.3. The summed E-state index contributed by atoms with van der Waals surface area (Å²) in [6.45, 7) is 0. The number of carboxylic acids is 1. The number of nitrogens with one attached hydrogen (secondary N) is 1. The average molecular weight is 319 g/mol.